The third-order valence-electron chi connectivity index (χ3n) is 6.17. The maximum absolute atomic E-state index is 13.0. The van der Waals surface area contributed by atoms with Crippen LogP contribution in [0.4, 0.5) is 0 Å². The molecule has 1 aliphatic heterocycles. The first-order valence-corrected chi connectivity index (χ1v) is 11.1. The molecule has 0 aromatic rings. The van der Waals surface area contributed by atoms with Crippen LogP contribution >= 0.6 is 23.2 Å². The number of alkyl halides is 1. The number of esters is 1. The van der Waals surface area contributed by atoms with E-state index in [4.69, 9.17) is 32.7 Å². The molecule has 1 saturated carbocycles. The number of carbonyl (C=O) groups excluding carboxylic acids is 2. The first kappa shape index (κ1) is 22.2. The number of Topliss-reactive ketones (excluding diaryl/α,β-unsaturated/α-hetero) is 1. The molecule has 3 rings (SSSR count). The topological polar surface area (TPSA) is 52.6 Å². The maximum atomic E-state index is 13.0. The van der Waals surface area contributed by atoms with Gasteiger partial charge in [0.15, 0.2) is 17.1 Å². The highest BCUT2D eigenvalue weighted by Crippen LogP contribution is 2.47. The molecule has 0 saturated heterocycles. The molecule has 3 aliphatic rings. The molecule has 1 heterocycles. The van der Waals surface area contributed by atoms with Crippen molar-refractivity contribution < 1.29 is 19.1 Å². The van der Waals surface area contributed by atoms with Gasteiger partial charge in [-0.2, -0.15) is 0 Å². The van der Waals surface area contributed by atoms with Gasteiger partial charge in [0.1, 0.15) is 12.2 Å². The summed E-state index contributed by atoms with van der Waals surface area (Å²) in [6.45, 7) is 5.68. The van der Waals surface area contributed by atoms with Crippen molar-refractivity contribution in [2.24, 2.45) is 5.41 Å². The molecule has 6 heteroatoms. The minimum Gasteiger partial charge on any atom is -0.485 e. The maximum Gasteiger partial charge on any atom is 0.343 e. The average Bonchev–Trinajstić information content (AvgIpc) is 2.81. The summed E-state index contributed by atoms with van der Waals surface area (Å²) in [6.07, 6.45) is 12.0. The highest BCUT2D eigenvalue weighted by molar-refractivity contribution is 6.34. The van der Waals surface area contributed by atoms with Crippen molar-refractivity contribution in [3.8, 4) is 0 Å². The summed E-state index contributed by atoms with van der Waals surface area (Å²) >= 11 is 12.7. The number of rotatable bonds is 6. The SMILES string of the molecule is CCC(C)(C)C(=O)COC1=C(C2=CC=CC(Cl)C=C2Cl)C(=O)OC12CCCCC2. The van der Waals surface area contributed by atoms with E-state index in [-0.39, 0.29) is 17.8 Å². The van der Waals surface area contributed by atoms with E-state index in [0.29, 0.717) is 41.2 Å². The van der Waals surface area contributed by atoms with Crippen LogP contribution < -0.4 is 0 Å². The van der Waals surface area contributed by atoms with Gasteiger partial charge in [0.25, 0.3) is 0 Å². The zero-order chi connectivity index (χ0) is 21.2. The van der Waals surface area contributed by atoms with Gasteiger partial charge in [0.05, 0.1) is 5.38 Å². The number of ketones is 1. The van der Waals surface area contributed by atoms with Gasteiger partial charge in [0.2, 0.25) is 0 Å². The van der Waals surface area contributed by atoms with Gasteiger partial charge in [-0.15, -0.1) is 11.6 Å². The van der Waals surface area contributed by atoms with Gasteiger partial charge < -0.3 is 9.47 Å². The molecule has 1 unspecified atom stereocenters. The standard InChI is InChI=1S/C23H28Cl2O4/c1-4-22(2,3)18(26)14-28-20-19(16-10-8-9-15(24)13-17(16)25)21(27)29-23(20)11-6-5-7-12-23/h8-10,13,15H,4-7,11-12,14H2,1-3H3. The molecule has 0 bridgehead atoms. The van der Waals surface area contributed by atoms with Gasteiger partial charge >= 0.3 is 5.97 Å². The summed E-state index contributed by atoms with van der Waals surface area (Å²) in [5.41, 5.74) is -0.464. The summed E-state index contributed by atoms with van der Waals surface area (Å²) in [5.74, 6) is -0.0145. The molecule has 0 N–H and O–H groups in total. The summed E-state index contributed by atoms with van der Waals surface area (Å²) in [6, 6.07) is 0. The van der Waals surface area contributed by atoms with Crippen molar-refractivity contribution in [3.63, 3.8) is 0 Å². The summed E-state index contributed by atoms with van der Waals surface area (Å²) in [5, 5.41) is 0.00494. The smallest absolute Gasteiger partial charge is 0.343 e. The molecule has 1 fully saturated rings. The Bertz CT molecular complexity index is 811. The molecular formula is C23H28Cl2O4. The third-order valence-corrected chi connectivity index (χ3v) is 6.77. The molecule has 4 nitrogen and oxygen atoms in total. The lowest BCUT2D eigenvalue weighted by atomic mass is 9.82. The minimum absolute atomic E-state index is 0.00522. The third kappa shape index (κ3) is 4.49. The van der Waals surface area contributed by atoms with E-state index < -0.39 is 17.0 Å². The number of hydrogen-bond donors (Lipinski definition) is 0. The molecule has 1 atom stereocenters. The van der Waals surface area contributed by atoms with E-state index in [9.17, 15) is 9.59 Å². The summed E-state index contributed by atoms with van der Waals surface area (Å²) in [4.78, 5) is 25.7. The molecule has 0 radical (unpaired) electrons. The Balaban J connectivity index is 2.02. The van der Waals surface area contributed by atoms with Crippen LogP contribution in [-0.4, -0.2) is 29.3 Å². The van der Waals surface area contributed by atoms with E-state index >= 15 is 0 Å². The lowest BCUT2D eigenvalue weighted by Crippen LogP contribution is -2.37. The molecule has 29 heavy (non-hydrogen) atoms. The fourth-order valence-corrected chi connectivity index (χ4v) is 4.41. The second-order valence-electron chi connectivity index (χ2n) is 8.52. The number of ether oxygens (including phenoxy) is 2. The lowest BCUT2D eigenvalue weighted by molar-refractivity contribution is -0.151. The Morgan fingerprint density at radius 1 is 1.31 bits per heavy atom. The van der Waals surface area contributed by atoms with Crippen LogP contribution in [0.2, 0.25) is 0 Å². The molecule has 0 aromatic heterocycles. The van der Waals surface area contributed by atoms with Gasteiger partial charge in [-0.25, -0.2) is 4.79 Å². The average molecular weight is 439 g/mol. The highest BCUT2D eigenvalue weighted by atomic mass is 35.5. The Morgan fingerprint density at radius 2 is 2.00 bits per heavy atom. The van der Waals surface area contributed by atoms with Crippen LogP contribution in [0.5, 0.6) is 0 Å². The summed E-state index contributed by atoms with van der Waals surface area (Å²) < 4.78 is 12.0. The quantitative estimate of drug-likeness (QED) is 0.391. The first-order chi connectivity index (χ1) is 13.7. The monoisotopic (exact) mass is 438 g/mol. The van der Waals surface area contributed by atoms with Crippen LogP contribution in [0.25, 0.3) is 0 Å². The van der Waals surface area contributed by atoms with Crippen molar-refractivity contribution >= 4 is 35.0 Å². The van der Waals surface area contributed by atoms with Crippen LogP contribution in [0, 0.1) is 5.41 Å². The van der Waals surface area contributed by atoms with Crippen molar-refractivity contribution in [2.75, 3.05) is 6.61 Å². The Labute approximate surface area is 182 Å². The number of halogens is 2. The molecule has 0 aromatic carbocycles. The number of allylic oxidation sites excluding steroid dienone is 5. The second-order valence-corrected chi connectivity index (χ2v) is 9.43. The number of hydrogen-bond acceptors (Lipinski definition) is 4. The fourth-order valence-electron chi connectivity index (χ4n) is 3.84. The molecule has 158 valence electrons. The predicted molar refractivity (Wildman–Crippen MR) is 115 cm³/mol. The molecule has 0 amide bonds. The second kappa shape index (κ2) is 8.69. The van der Waals surface area contributed by atoms with Crippen LogP contribution in [0.1, 0.15) is 59.3 Å². The van der Waals surface area contributed by atoms with Gasteiger partial charge in [-0.05, 0) is 38.2 Å². The van der Waals surface area contributed by atoms with Crippen LogP contribution in [0.15, 0.2) is 46.2 Å². The number of carbonyl (C=O) groups is 2. The lowest BCUT2D eigenvalue weighted by Gasteiger charge is -2.34. The Hall–Kier alpha value is -1.52. The Morgan fingerprint density at radius 3 is 2.66 bits per heavy atom. The van der Waals surface area contributed by atoms with E-state index in [2.05, 4.69) is 0 Å². The van der Waals surface area contributed by atoms with E-state index in [1.54, 1.807) is 24.3 Å². The zero-order valence-electron chi connectivity index (χ0n) is 17.2. The van der Waals surface area contributed by atoms with Gasteiger partial charge in [0, 0.05) is 16.0 Å². The highest BCUT2D eigenvalue weighted by Gasteiger charge is 2.51. The largest absolute Gasteiger partial charge is 0.485 e. The van der Waals surface area contributed by atoms with Crippen LogP contribution in [-0.2, 0) is 19.1 Å². The predicted octanol–water partition coefficient (Wildman–Crippen LogP) is 5.75. The van der Waals surface area contributed by atoms with Crippen molar-refractivity contribution in [1.29, 1.82) is 0 Å². The van der Waals surface area contributed by atoms with Crippen LogP contribution in [0.3, 0.4) is 0 Å². The summed E-state index contributed by atoms with van der Waals surface area (Å²) in [7, 11) is 0. The van der Waals surface area contributed by atoms with Crippen molar-refractivity contribution in [2.45, 2.75) is 70.3 Å². The zero-order valence-corrected chi connectivity index (χ0v) is 18.7. The fraction of sp³-hybridized carbons (Fsp3) is 0.565. The Kier molecular flexibility index (Phi) is 6.64. The molecular weight excluding hydrogens is 411 g/mol. The molecule has 1 spiro atoms. The molecule has 2 aliphatic carbocycles. The van der Waals surface area contributed by atoms with E-state index in [0.717, 1.165) is 19.3 Å². The van der Waals surface area contributed by atoms with E-state index in [1.807, 2.05) is 20.8 Å². The first-order valence-electron chi connectivity index (χ1n) is 10.2. The van der Waals surface area contributed by atoms with E-state index in [1.165, 1.54) is 0 Å². The normalized spacial score (nSPS) is 24.2. The van der Waals surface area contributed by atoms with Gasteiger partial charge in [-0.3, -0.25) is 4.79 Å². The van der Waals surface area contributed by atoms with Crippen molar-refractivity contribution in [1.82, 2.24) is 0 Å². The van der Waals surface area contributed by atoms with Crippen molar-refractivity contribution in [3.05, 3.63) is 46.2 Å². The van der Waals surface area contributed by atoms with Gasteiger partial charge in [-0.1, -0.05) is 57.0 Å². The minimum atomic E-state index is -0.810.